The summed E-state index contributed by atoms with van der Waals surface area (Å²) < 4.78 is 5.53. The Morgan fingerprint density at radius 1 is 1.46 bits per heavy atom. The van der Waals surface area contributed by atoms with Gasteiger partial charge in [0.25, 0.3) is 0 Å². The molecule has 1 fully saturated rings. The van der Waals surface area contributed by atoms with Crippen LogP contribution in [0.3, 0.4) is 0 Å². The summed E-state index contributed by atoms with van der Waals surface area (Å²) in [5.74, 6) is 0.561. The van der Waals surface area contributed by atoms with E-state index in [0.29, 0.717) is 19.1 Å². The largest absolute Gasteiger partial charge is 0.375 e. The summed E-state index contributed by atoms with van der Waals surface area (Å²) >= 11 is 7.60. The van der Waals surface area contributed by atoms with Crippen molar-refractivity contribution in [2.45, 2.75) is 26.5 Å². The second-order valence-electron chi connectivity index (χ2n) is 5.82. The van der Waals surface area contributed by atoms with E-state index in [1.165, 1.54) is 4.88 Å². The number of hydrogen-bond acceptors (Lipinski definition) is 4. The Balaban J connectivity index is 1.71. The van der Waals surface area contributed by atoms with E-state index in [4.69, 9.17) is 27.1 Å². The Hall–Kier alpha value is -1.63. The summed E-state index contributed by atoms with van der Waals surface area (Å²) in [5, 5.41) is 1.69. The Labute approximate surface area is 151 Å². The number of morpholine rings is 1. The molecule has 0 spiro atoms. The van der Waals surface area contributed by atoms with Gasteiger partial charge in [-0.15, -0.1) is 11.3 Å². The Kier molecular flexibility index (Phi) is 5.38. The van der Waals surface area contributed by atoms with Crippen molar-refractivity contribution in [2.24, 2.45) is 10.7 Å². The van der Waals surface area contributed by atoms with Gasteiger partial charge >= 0.3 is 0 Å². The van der Waals surface area contributed by atoms with E-state index in [1.807, 2.05) is 31.2 Å². The lowest BCUT2D eigenvalue weighted by atomic mass is 10.1. The number of nitrogens with zero attached hydrogens (tertiary/aromatic N) is 3. The monoisotopic (exact) mass is 364 g/mol. The molecule has 1 aliphatic heterocycles. The van der Waals surface area contributed by atoms with Crippen molar-refractivity contribution in [3.8, 4) is 11.3 Å². The van der Waals surface area contributed by atoms with Crippen LogP contribution in [0, 0.1) is 6.92 Å². The van der Waals surface area contributed by atoms with Gasteiger partial charge in [0.05, 0.1) is 24.9 Å². The number of ether oxygens (including phenoxy) is 1. The van der Waals surface area contributed by atoms with E-state index in [-0.39, 0.29) is 6.10 Å². The molecular weight excluding hydrogens is 344 g/mol. The maximum Gasteiger partial charge on any atom is 0.191 e. The lowest BCUT2D eigenvalue weighted by molar-refractivity contribution is 0.00529. The van der Waals surface area contributed by atoms with Crippen LogP contribution in [-0.4, -0.2) is 41.6 Å². The van der Waals surface area contributed by atoms with Crippen LogP contribution in [0.5, 0.6) is 0 Å². The minimum absolute atomic E-state index is 0.186. The summed E-state index contributed by atoms with van der Waals surface area (Å²) in [5.41, 5.74) is 8.17. The molecule has 0 bridgehead atoms. The van der Waals surface area contributed by atoms with E-state index in [1.54, 1.807) is 11.3 Å². The fourth-order valence-corrected chi connectivity index (χ4v) is 3.68. The second-order valence-corrected chi connectivity index (χ2v) is 7.55. The third-order valence-corrected chi connectivity index (χ3v) is 5.11. The fraction of sp³-hybridized carbons (Fsp3) is 0.412. The second kappa shape index (κ2) is 7.51. The van der Waals surface area contributed by atoms with Gasteiger partial charge in [0.2, 0.25) is 0 Å². The highest BCUT2D eigenvalue weighted by Gasteiger charge is 2.18. The van der Waals surface area contributed by atoms with Gasteiger partial charge in [0, 0.05) is 28.6 Å². The van der Waals surface area contributed by atoms with Crippen molar-refractivity contribution < 1.29 is 4.74 Å². The van der Waals surface area contributed by atoms with Crippen LogP contribution in [0.25, 0.3) is 11.3 Å². The molecule has 3 rings (SSSR count). The molecule has 2 N–H and O–H groups in total. The van der Waals surface area contributed by atoms with E-state index < -0.39 is 0 Å². The summed E-state index contributed by atoms with van der Waals surface area (Å²) in [7, 11) is 0. The van der Waals surface area contributed by atoms with Gasteiger partial charge in [-0.2, -0.15) is 0 Å². The smallest absolute Gasteiger partial charge is 0.191 e. The van der Waals surface area contributed by atoms with Crippen molar-refractivity contribution in [3.05, 3.63) is 39.2 Å². The average molecular weight is 365 g/mol. The SMILES string of the molecule is Cc1sc(CN=C(N)N2CCOC(C)C2)nc1-c1ccc(Cl)cc1. The molecule has 1 aromatic heterocycles. The van der Waals surface area contributed by atoms with Crippen molar-refractivity contribution >= 4 is 28.9 Å². The number of halogens is 1. The third-order valence-electron chi connectivity index (χ3n) is 3.90. The normalized spacial score (nSPS) is 18.9. The van der Waals surface area contributed by atoms with Gasteiger partial charge in [-0.05, 0) is 26.0 Å². The predicted octanol–water partition coefficient (Wildman–Crippen LogP) is 3.31. The van der Waals surface area contributed by atoms with Crippen molar-refractivity contribution in [3.63, 3.8) is 0 Å². The number of benzene rings is 1. The Morgan fingerprint density at radius 2 is 2.21 bits per heavy atom. The number of aryl methyl sites for hydroxylation is 1. The topological polar surface area (TPSA) is 63.7 Å². The molecule has 1 saturated heterocycles. The number of guanidine groups is 1. The first-order valence-electron chi connectivity index (χ1n) is 7.91. The van der Waals surface area contributed by atoms with Crippen LogP contribution in [0.4, 0.5) is 0 Å². The molecule has 2 aromatic rings. The van der Waals surface area contributed by atoms with E-state index in [0.717, 1.165) is 34.4 Å². The quantitative estimate of drug-likeness (QED) is 0.670. The summed E-state index contributed by atoms with van der Waals surface area (Å²) in [4.78, 5) is 12.4. The molecule has 7 heteroatoms. The van der Waals surface area contributed by atoms with Crippen LogP contribution >= 0.6 is 22.9 Å². The van der Waals surface area contributed by atoms with Crippen LogP contribution in [0.15, 0.2) is 29.3 Å². The zero-order valence-corrected chi connectivity index (χ0v) is 15.4. The van der Waals surface area contributed by atoms with Crippen molar-refractivity contribution in [1.29, 1.82) is 0 Å². The van der Waals surface area contributed by atoms with Crippen molar-refractivity contribution in [1.82, 2.24) is 9.88 Å². The molecule has 0 radical (unpaired) electrons. The van der Waals surface area contributed by atoms with Gasteiger partial charge < -0.3 is 15.4 Å². The molecule has 1 atom stereocenters. The van der Waals surface area contributed by atoms with Gasteiger partial charge in [-0.1, -0.05) is 23.7 Å². The highest BCUT2D eigenvalue weighted by molar-refractivity contribution is 7.12. The molecule has 0 aliphatic carbocycles. The van der Waals surface area contributed by atoms with Crippen LogP contribution in [0.2, 0.25) is 5.02 Å². The zero-order valence-electron chi connectivity index (χ0n) is 13.8. The maximum absolute atomic E-state index is 6.11. The Morgan fingerprint density at radius 3 is 2.92 bits per heavy atom. The molecule has 128 valence electrons. The molecule has 1 unspecified atom stereocenters. The predicted molar refractivity (Wildman–Crippen MR) is 99.6 cm³/mol. The minimum atomic E-state index is 0.186. The fourth-order valence-electron chi connectivity index (χ4n) is 2.67. The molecule has 5 nitrogen and oxygen atoms in total. The molecule has 24 heavy (non-hydrogen) atoms. The third kappa shape index (κ3) is 4.06. The summed E-state index contributed by atoms with van der Waals surface area (Å²) in [6.45, 7) is 6.86. The molecule has 2 heterocycles. The number of aliphatic imine (C=N–C) groups is 1. The van der Waals surface area contributed by atoms with Gasteiger partial charge in [-0.3, -0.25) is 0 Å². The average Bonchev–Trinajstić information content (AvgIpc) is 2.94. The number of hydrogen-bond donors (Lipinski definition) is 1. The van der Waals surface area contributed by atoms with E-state index >= 15 is 0 Å². The van der Waals surface area contributed by atoms with Crippen LogP contribution in [-0.2, 0) is 11.3 Å². The number of rotatable bonds is 3. The first-order valence-corrected chi connectivity index (χ1v) is 9.11. The molecule has 1 aromatic carbocycles. The van der Waals surface area contributed by atoms with Crippen LogP contribution < -0.4 is 5.73 Å². The van der Waals surface area contributed by atoms with Gasteiger partial charge in [0.15, 0.2) is 5.96 Å². The number of nitrogens with two attached hydrogens (primary N) is 1. The highest BCUT2D eigenvalue weighted by atomic mass is 35.5. The molecular formula is C17H21ClN4OS. The number of thiazole rings is 1. The highest BCUT2D eigenvalue weighted by Crippen LogP contribution is 2.28. The van der Waals surface area contributed by atoms with E-state index in [2.05, 4.69) is 16.8 Å². The maximum atomic E-state index is 6.11. The van der Waals surface area contributed by atoms with Gasteiger partial charge in [0.1, 0.15) is 5.01 Å². The first kappa shape index (κ1) is 17.2. The molecule has 1 aliphatic rings. The zero-order chi connectivity index (χ0) is 17.1. The lowest BCUT2D eigenvalue weighted by Gasteiger charge is -2.31. The van der Waals surface area contributed by atoms with E-state index in [9.17, 15) is 0 Å². The molecule has 0 amide bonds. The van der Waals surface area contributed by atoms with Gasteiger partial charge in [-0.25, -0.2) is 9.98 Å². The lowest BCUT2D eigenvalue weighted by Crippen LogP contribution is -2.47. The minimum Gasteiger partial charge on any atom is -0.375 e. The standard InChI is InChI=1S/C17H21ClN4OS/c1-11-10-22(7-8-23-11)17(19)20-9-15-21-16(12(2)24-15)13-3-5-14(18)6-4-13/h3-6,11H,7-10H2,1-2H3,(H2,19,20). The van der Waals surface area contributed by atoms with Crippen molar-refractivity contribution in [2.75, 3.05) is 19.7 Å². The van der Waals surface area contributed by atoms with Crippen LogP contribution in [0.1, 0.15) is 16.8 Å². The summed E-state index contributed by atoms with van der Waals surface area (Å²) in [6.07, 6.45) is 0.186. The first-order chi connectivity index (χ1) is 11.5. The molecule has 0 saturated carbocycles. The Bertz CT molecular complexity index is 729. The summed E-state index contributed by atoms with van der Waals surface area (Å²) in [6, 6.07) is 7.73. The number of aromatic nitrogens is 1.